The average molecular weight is 340 g/mol. The molecule has 0 radical (unpaired) electrons. The molecular formula is C18H20N4OS. The molecule has 0 atom stereocenters. The predicted octanol–water partition coefficient (Wildman–Crippen LogP) is 4.25. The molecule has 0 unspecified atom stereocenters. The molecule has 0 spiro atoms. The first kappa shape index (κ1) is 16.5. The van der Waals surface area contributed by atoms with Crippen LogP contribution in [0.25, 0.3) is 10.2 Å². The van der Waals surface area contributed by atoms with Crippen molar-refractivity contribution >= 4 is 33.1 Å². The highest BCUT2D eigenvalue weighted by Gasteiger charge is 2.23. The third kappa shape index (κ3) is 3.01. The zero-order chi connectivity index (χ0) is 17.5. The number of nitrogens with zero attached hydrogens (tertiary/aromatic N) is 3. The number of pyridine rings is 1. The second-order valence-corrected chi connectivity index (χ2v) is 7.81. The van der Waals surface area contributed by atoms with Crippen LogP contribution in [0.5, 0.6) is 0 Å². The summed E-state index contributed by atoms with van der Waals surface area (Å²) in [5.41, 5.74) is 2.39. The molecule has 1 amide bonds. The molecule has 124 valence electrons. The van der Waals surface area contributed by atoms with Crippen LogP contribution in [0.2, 0.25) is 0 Å². The van der Waals surface area contributed by atoms with Gasteiger partial charge in [0.05, 0.1) is 22.5 Å². The molecule has 5 nitrogen and oxygen atoms in total. The van der Waals surface area contributed by atoms with Crippen LogP contribution < -0.4 is 5.32 Å². The topological polar surface area (TPSA) is 67.8 Å². The number of fused-ring (bicyclic) bond motifs is 1. The van der Waals surface area contributed by atoms with Crippen LogP contribution in [-0.2, 0) is 5.41 Å². The average Bonchev–Trinajstić information content (AvgIpc) is 2.85. The van der Waals surface area contributed by atoms with E-state index in [-0.39, 0.29) is 11.3 Å². The summed E-state index contributed by atoms with van der Waals surface area (Å²) in [5, 5.41) is 3.86. The molecule has 3 rings (SSSR count). The molecule has 0 aliphatic rings. The molecule has 0 saturated carbocycles. The molecule has 0 saturated heterocycles. The maximum atomic E-state index is 12.6. The van der Waals surface area contributed by atoms with Crippen molar-refractivity contribution in [2.45, 2.75) is 40.0 Å². The quantitative estimate of drug-likeness (QED) is 0.757. The van der Waals surface area contributed by atoms with Gasteiger partial charge in [-0.1, -0.05) is 20.8 Å². The van der Waals surface area contributed by atoms with Crippen molar-refractivity contribution in [1.29, 1.82) is 0 Å². The van der Waals surface area contributed by atoms with Crippen molar-refractivity contribution in [3.8, 4) is 0 Å². The summed E-state index contributed by atoms with van der Waals surface area (Å²) in [7, 11) is 0. The largest absolute Gasteiger partial charge is 0.320 e. The lowest BCUT2D eigenvalue weighted by molar-refractivity contribution is 0.103. The van der Waals surface area contributed by atoms with Gasteiger partial charge in [0.2, 0.25) is 0 Å². The molecular weight excluding hydrogens is 320 g/mol. The molecule has 0 bridgehead atoms. The number of carbonyl (C=O) groups is 1. The van der Waals surface area contributed by atoms with Crippen LogP contribution in [0.4, 0.5) is 5.69 Å². The second-order valence-electron chi connectivity index (χ2n) is 6.81. The molecule has 0 aliphatic carbocycles. The molecule has 3 aromatic heterocycles. The zero-order valence-electron chi connectivity index (χ0n) is 14.5. The molecule has 0 aliphatic heterocycles. The van der Waals surface area contributed by atoms with E-state index in [2.05, 4.69) is 36.1 Å². The summed E-state index contributed by atoms with van der Waals surface area (Å²) < 4.78 is 0. The fraction of sp³-hybridized carbons (Fsp3) is 0.333. The first-order valence-electron chi connectivity index (χ1n) is 7.77. The number of hydrogen-bond donors (Lipinski definition) is 1. The highest BCUT2D eigenvalue weighted by molar-refractivity contribution is 7.20. The van der Waals surface area contributed by atoms with Gasteiger partial charge in [0.25, 0.3) is 5.91 Å². The number of amides is 1. The minimum Gasteiger partial charge on any atom is -0.320 e. The lowest BCUT2D eigenvalue weighted by Gasteiger charge is -2.16. The molecule has 3 aromatic rings. The molecule has 3 heterocycles. The van der Waals surface area contributed by atoms with Gasteiger partial charge in [-0.05, 0) is 31.5 Å². The Labute approximate surface area is 145 Å². The smallest absolute Gasteiger partial charge is 0.266 e. The summed E-state index contributed by atoms with van der Waals surface area (Å²) in [6, 6.07) is 3.61. The fourth-order valence-electron chi connectivity index (χ4n) is 2.52. The predicted molar refractivity (Wildman–Crippen MR) is 97.8 cm³/mol. The summed E-state index contributed by atoms with van der Waals surface area (Å²) >= 11 is 1.41. The van der Waals surface area contributed by atoms with E-state index in [1.54, 1.807) is 18.5 Å². The highest BCUT2D eigenvalue weighted by Crippen LogP contribution is 2.33. The minimum atomic E-state index is -0.139. The summed E-state index contributed by atoms with van der Waals surface area (Å²) in [4.78, 5) is 27.5. The Morgan fingerprint density at radius 1 is 1.21 bits per heavy atom. The van der Waals surface area contributed by atoms with Crippen molar-refractivity contribution in [3.05, 3.63) is 46.5 Å². The Morgan fingerprint density at radius 2 is 1.96 bits per heavy atom. The number of aryl methyl sites for hydroxylation is 2. The number of anilines is 1. The third-order valence-electron chi connectivity index (χ3n) is 3.77. The van der Waals surface area contributed by atoms with Crippen molar-refractivity contribution in [1.82, 2.24) is 15.0 Å². The Bertz CT molecular complexity index is 910. The van der Waals surface area contributed by atoms with Gasteiger partial charge in [0.15, 0.2) is 0 Å². The van der Waals surface area contributed by atoms with E-state index in [4.69, 9.17) is 4.98 Å². The fourth-order valence-corrected chi connectivity index (χ4v) is 3.64. The van der Waals surface area contributed by atoms with Crippen LogP contribution in [0.15, 0.2) is 24.5 Å². The van der Waals surface area contributed by atoms with Gasteiger partial charge in [-0.15, -0.1) is 11.3 Å². The standard InChI is InChI=1S/C18H20N4OS/c1-10-13-11(2)20-17(18(3,4)5)22-16(13)24-14(10)15(23)21-12-7-6-8-19-9-12/h6-9H,1-5H3,(H,21,23). The lowest BCUT2D eigenvalue weighted by atomic mass is 9.95. The van der Waals surface area contributed by atoms with Gasteiger partial charge in [-0.2, -0.15) is 0 Å². The SMILES string of the molecule is Cc1nc(C(C)(C)C)nc2sc(C(=O)Nc3cccnc3)c(C)c12. The lowest BCUT2D eigenvalue weighted by Crippen LogP contribution is -2.16. The monoisotopic (exact) mass is 340 g/mol. The molecule has 1 N–H and O–H groups in total. The van der Waals surface area contributed by atoms with E-state index in [0.29, 0.717) is 10.6 Å². The van der Waals surface area contributed by atoms with Crippen molar-refractivity contribution in [2.24, 2.45) is 0 Å². The number of rotatable bonds is 2. The van der Waals surface area contributed by atoms with E-state index in [0.717, 1.165) is 27.3 Å². The van der Waals surface area contributed by atoms with Gasteiger partial charge < -0.3 is 5.32 Å². The Hall–Kier alpha value is -2.34. The van der Waals surface area contributed by atoms with Crippen LogP contribution >= 0.6 is 11.3 Å². The molecule has 0 aromatic carbocycles. The van der Waals surface area contributed by atoms with Gasteiger partial charge in [-0.3, -0.25) is 9.78 Å². The van der Waals surface area contributed by atoms with Gasteiger partial charge in [-0.25, -0.2) is 9.97 Å². The normalized spacial score (nSPS) is 11.7. The minimum absolute atomic E-state index is 0.130. The summed E-state index contributed by atoms with van der Waals surface area (Å²) in [5.74, 6) is 0.660. The van der Waals surface area contributed by atoms with E-state index < -0.39 is 0 Å². The second kappa shape index (κ2) is 5.94. The first-order chi connectivity index (χ1) is 11.3. The number of thiophene rings is 1. The highest BCUT2D eigenvalue weighted by atomic mass is 32.1. The maximum Gasteiger partial charge on any atom is 0.266 e. The molecule has 6 heteroatoms. The van der Waals surface area contributed by atoms with Crippen LogP contribution in [-0.4, -0.2) is 20.9 Å². The van der Waals surface area contributed by atoms with Crippen molar-refractivity contribution in [3.63, 3.8) is 0 Å². The Kier molecular flexibility index (Phi) is 4.09. The molecule has 24 heavy (non-hydrogen) atoms. The van der Waals surface area contributed by atoms with E-state index in [1.165, 1.54) is 11.3 Å². The van der Waals surface area contributed by atoms with E-state index >= 15 is 0 Å². The van der Waals surface area contributed by atoms with Crippen LogP contribution in [0.1, 0.15) is 47.5 Å². The van der Waals surface area contributed by atoms with Gasteiger partial charge in [0.1, 0.15) is 10.7 Å². The summed E-state index contributed by atoms with van der Waals surface area (Å²) in [6.45, 7) is 10.2. The number of hydrogen-bond acceptors (Lipinski definition) is 5. The zero-order valence-corrected chi connectivity index (χ0v) is 15.3. The van der Waals surface area contributed by atoms with Gasteiger partial charge in [0, 0.05) is 17.0 Å². The van der Waals surface area contributed by atoms with Crippen LogP contribution in [0, 0.1) is 13.8 Å². The van der Waals surface area contributed by atoms with Crippen LogP contribution in [0.3, 0.4) is 0 Å². The Morgan fingerprint density at radius 3 is 2.58 bits per heavy atom. The van der Waals surface area contributed by atoms with E-state index in [1.807, 2.05) is 19.9 Å². The molecule has 0 fully saturated rings. The first-order valence-corrected chi connectivity index (χ1v) is 8.58. The summed E-state index contributed by atoms with van der Waals surface area (Å²) in [6.07, 6.45) is 3.30. The van der Waals surface area contributed by atoms with Crippen molar-refractivity contribution in [2.75, 3.05) is 5.32 Å². The third-order valence-corrected chi connectivity index (χ3v) is 4.95. The number of nitrogens with one attached hydrogen (secondary N) is 1. The maximum absolute atomic E-state index is 12.6. The van der Waals surface area contributed by atoms with Gasteiger partial charge >= 0.3 is 0 Å². The number of carbonyl (C=O) groups excluding carboxylic acids is 1. The number of aromatic nitrogens is 3. The Balaban J connectivity index is 2.05. The van der Waals surface area contributed by atoms with E-state index in [9.17, 15) is 4.79 Å². The van der Waals surface area contributed by atoms with Crippen molar-refractivity contribution < 1.29 is 4.79 Å².